The van der Waals surface area contributed by atoms with Gasteiger partial charge in [-0.15, -0.1) is 0 Å². The van der Waals surface area contributed by atoms with E-state index in [-0.39, 0.29) is 17.8 Å². The summed E-state index contributed by atoms with van der Waals surface area (Å²) < 4.78 is 32.0. The van der Waals surface area contributed by atoms with Gasteiger partial charge in [0.25, 0.3) is 0 Å². The topological polar surface area (TPSA) is 170 Å². The van der Waals surface area contributed by atoms with Crippen LogP contribution >= 0.6 is 0 Å². The van der Waals surface area contributed by atoms with Crippen molar-refractivity contribution in [1.29, 1.82) is 0 Å². The number of carboxylic acid groups (broad SMARTS) is 2. The second-order valence-electron chi connectivity index (χ2n) is 13.5. The standard InChI is InChI=1S/C18H27FN2O3.C14H20FNO.C4H4O4/c1-5-6-14-7-8-15(21(14)17(23)24-18(2,3)4)16(22)12-9-13(19)11-20-10-12;1-2-3-10-4-5-11(6-10)14(17)12-7-13(15)9-16-8-12;5-3(6)1-2-4(7)8/h9-11,14-16,22H,5-8H2,1-4H3;7-11,14,17H,2-6H2,1H3;1-2H,(H,5,6)(H,7,8)/b;;2-1-/t14-,15-,16-;10-,11+,14+;/m11./s1. The fourth-order valence-corrected chi connectivity index (χ4v) is 6.33. The molecule has 1 amide bonds. The van der Waals surface area contributed by atoms with Crippen LogP contribution in [0.25, 0.3) is 0 Å². The number of hydrogen-bond acceptors (Lipinski definition) is 8. The van der Waals surface area contributed by atoms with Crippen molar-refractivity contribution in [2.24, 2.45) is 11.8 Å². The first-order valence-electron chi connectivity index (χ1n) is 16.8. The maximum atomic E-state index is 13.4. The Kier molecular flexibility index (Phi) is 16.7. The molecule has 3 heterocycles. The molecule has 11 nitrogen and oxygen atoms in total. The molecular formula is C36H51F2N3O8. The number of nitrogens with zero attached hydrogens (tertiary/aromatic N) is 3. The average Bonchev–Trinajstić information content (AvgIpc) is 3.67. The lowest BCUT2D eigenvalue weighted by Gasteiger charge is -2.34. The highest BCUT2D eigenvalue weighted by atomic mass is 19.1. The van der Waals surface area contributed by atoms with E-state index >= 15 is 0 Å². The number of aliphatic hydroxyl groups is 2. The summed E-state index contributed by atoms with van der Waals surface area (Å²) in [6, 6.07) is 2.26. The van der Waals surface area contributed by atoms with Crippen LogP contribution in [0.1, 0.15) is 116 Å². The van der Waals surface area contributed by atoms with E-state index < -0.39 is 47.7 Å². The highest BCUT2D eigenvalue weighted by molar-refractivity contribution is 5.89. The number of aliphatic carboxylic acids is 2. The lowest BCUT2D eigenvalue weighted by molar-refractivity contribution is -0.134. The van der Waals surface area contributed by atoms with E-state index in [2.05, 4.69) is 23.8 Å². The molecule has 272 valence electrons. The molecule has 1 aliphatic carbocycles. The summed E-state index contributed by atoms with van der Waals surface area (Å²) in [5.41, 5.74) is 0.393. The number of carboxylic acids is 2. The van der Waals surface area contributed by atoms with Crippen molar-refractivity contribution in [2.45, 2.75) is 122 Å². The van der Waals surface area contributed by atoms with E-state index in [4.69, 9.17) is 14.9 Å². The van der Waals surface area contributed by atoms with Gasteiger partial charge in [-0.1, -0.05) is 39.5 Å². The van der Waals surface area contributed by atoms with Gasteiger partial charge in [0.1, 0.15) is 23.3 Å². The van der Waals surface area contributed by atoms with Crippen molar-refractivity contribution in [2.75, 3.05) is 0 Å². The summed E-state index contributed by atoms with van der Waals surface area (Å²) >= 11 is 0. The lowest BCUT2D eigenvalue weighted by Crippen LogP contribution is -2.46. The molecule has 0 bridgehead atoms. The van der Waals surface area contributed by atoms with Gasteiger partial charge in [-0.25, -0.2) is 23.2 Å². The first kappa shape index (κ1) is 41.2. The van der Waals surface area contributed by atoms with Gasteiger partial charge in [0.15, 0.2) is 0 Å². The second kappa shape index (κ2) is 19.9. The molecular weight excluding hydrogens is 640 g/mol. The van der Waals surface area contributed by atoms with Gasteiger partial charge < -0.3 is 25.2 Å². The number of carbonyl (C=O) groups excluding carboxylic acids is 1. The first-order chi connectivity index (χ1) is 23.1. The lowest BCUT2D eigenvalue weighted by atomic mass is 9.93. The molecule has 2 aromatic rings. The van der Waals surface area contributed by atoms with E-state index in [1.807, 2.05) is 20.8 Å². The molecule has 13 heteroatoms. The maximum absolute atomic E-state index is 13.4. The predicted octanol–water partition coefficient (Wildman–Crippen LogP) is 7.00. The van der Waals surface area contributed by atoms with Gasteiger partial charge in [0, 0.05) is 41.7 Å². The summed E-state index contributed by atoms with van der Waals surface area (Å²) in [5.74, 6) is -2.38. The molecule has 0 aromatic carbocycles. The number of amides is 1. The van der Waals surface area contributed by atoms with Gasteiger partial charge in [-0.2, -0.15) is 0 Å². The van der Waals surface area contributed by atoms with Crippen LogP contribution in [-0.2, 0) is 14.3 Å². The molecule has 1 saturated heterocycles. The minimum Gasteiger partial charge on any atom is -0.478 e. The van der Waals surface area contributed by atoms with Crippen LogP contribution in [0.15, 0.2) is 49.1 Å². The zero-order chi connectivity index (χ0) is 36.7. The fourth-order valence-electron chi connectivity index (χ4n) is 6.33. The molecule has 2 aromatic heterocycles. The third-order valence-corrected chi connectivity index (χ3v) is 8.37. The zero-order valence-corrected chi connectivity index (χ0v) is 29.0. The number of halogens is 2. The van der Waals surface area contributed by atoms with Gasteiger partial charge in [-0.3, -0.25) is 14.9 Å². The van der Waals surface area contributed by atoms with E-state index in [0.29, 0.717) is 29.7 Å². The summed E-state index contributed by atoms with van der Waals surface area (Å²) in [5, 5.41) is 36.5. The van der Waals surface area contributed by atoms with Crippen molar-refractivity contribution in [1.82, 2.24) is 14.9 Å². The van der Waals surface area contributed by atoms with Crippen LogP contribution in [0.2, 0.25) is 0 Å². The number of pyridine rings is 2. The van der Waals surface area contributed by atoms with E-state index in [1.165, 1.54) is 43.8 Å². The van der Waals surface area contributed by atoms with Crippen molar-refractivity contribution in [3.8, 4) is 0 Å². The molecule has 2 fully saturated rings. The number of aromatic nitrogens is 2. The first-order valence-corrected chi connectivity index (χ1v) is 16.8. The van der Waals surface area contributed by atoms with Crippen molar-refractivity contribution < 1.29 is 48.3 Å². The van der Waals surface area contributed by atoms with E-state index in [0.717, 1.165) is 44.2 Å². The van der Waals surface area contributed by atoms with Crippen LogP contribution in [0.5, 0.6) is 0 Å². The largest absolute Gasteiger partial charge is 0.478 e. The third kappa shape index (κ3) is 14.2. The molecule has 49 heavy (non-hydrogen) atoms. The van der Waals surface area contributed by atoms with Crippen LogP contribution in [0.3, 0.4) is 0 Å². The molecule has 0 spiro atoms. The Morgan fingerprint density at radius 1 is 0.857 bits per heavy atom. The van der Waals surface area contributed by atoms with Crippen LogP contribution in [0, 0.1) is 23.5 Å². The number of ether oxygens (including phenoxy) is 1. The van der Waals surface area contributed by atoms with Gasteiger partial charge in [0.05, 0.1) is 24.5 Å². The molecule has 2 aliphatic rings. The van der Waals surface area contributed by atoms with Crippen LogP contribution in [0.4, 0.5) is 13.6 Å². The zero-order valence-electron chi connectivity index (χ0n) is 29.0. The number of aliphatic hydroxyl groups excluding tert-OH is 2. The molecule has 4 N–H and O–H groups in total. The maximum Gasteiger partial charge on any atom is 0.410 e. The highest BCUT2D eigenvalue weighted by Crippen LogP contribution is 2.41. The molecule has 0 unspecified atom stereocenters. The Hall–Kier alpha value is -3.97. The minimum atomic E-state index is -1.26. The fraction of sp³-hybridized carbons (Fsp3) is 0.583. The summed E-state index contributed by atoms with van der Waals surface area (Å²) in [4.78, 5) is 41.0. The van der Waals surface area contributed by atoms with Crippen molar-refractivity contribution in [3.63, 3.8) is 0 Å². The normalized spacial score (nSPS) is 21.6. The van der Waals surface area contributed by atoms with E-state index in [1.54, 1.807) is 11.1 Å². The number of carbonyl (C=O) groups is 3. The summed E-state index contributed by atoms with van der Waals surface area (Å²) in [7, 11) is 0. The molecule has 4 rings (SSSR count). The quantitative estimate of drug-likeness (QED) is 0.190. The number of rotatable bonds is 10. The molecule has 1 saturated carbocycles. The predicted molar refractivity (Wildman–Crippen MR) is 178 cm³/mol. The molecule has 6 atom stereocenters. The van der Waals surface area contributed by atoms with Crippen LogP contribution in [-0.4, -0.2) is 71.0 Å². The third-order valence-electron chi connectivity index (χ3n) is 8.37. The SMILES string of the molecule is CCC[C@@H]1CC[C@H]([C@H](O)c2cncc(F)c2)C1.CCC[C@@H]1CC[C@H]([C@H](O)c2cncc(F)c2)N1C(=O)OC(C)(C)C.O=C(O)/C=C\C(=O)O. The Labute approximate surface area is 287 Å². The number of likely N-dealkylation sites (tertiary alicyclic amines) is 1. The average molecular weight is 692 g/mol. The molecule has 1 aliphatic heterocycles. The van der Waals surface area contributed by atoms with Gasteiger partial charge >= 0.3 is 18.0 Å². The number of hydrogen-bond donors (Lipinski definition) is 4. The van der Waals surface area contributed by atoms with E-state index in [9.17, 15) is 33.4 Å². The Morgan fingerprint density at radius 3 is 1.86 bits per heavy atom. The summed E-state index contributed by atoms with van der Waals surface area (Å²) in [6.07, 6.45) is 13.4. The molecule has 0 radical (unpaired) electrons. The van der Waals surface area contributed by atoms with Crippen molar-refractivity contribution >= 4 is 18.0 Å². The Balaban J connectivity index is 0.000000289. The smallest absolute Gasteiger partial charge is 0.410 e. The highest BCUT2D eigenvalue weighted by Gasteiger charge is 2.42. The Bertz CT molecular complexity index is 1370. The monoisotopic (exact) mass is 691 g/mol. The van der Waals surface area contributed by atoms with Crippen molar-refractivity contribution in [3.05, 3.63) is 71.8 Å². The second-order valence-corrected chi connectivity index (χ2v) is 13.5. The Morgan fingerprint density at radius 2 is 1.39 bits per heavy atom. The van der Waals surface area contributed by atoms with Crippen LogP contribution < -0.4 is 0 Å². The van der Waals surface area contributed by atoms with Gasteiger partial charge in [-0.05, 0) is 76.8 Å². The summed E-state index contributed by atoms with van der Waals surface area (Å²) in [6.45, 7) is 9.71. The van der Waals surface area contributed by atoms with Gasteiger partial charge in [0.2, 0.25) is 0 Å². The minimum absolute atomic E-state index is 0.0334.